The number of ether oxygens (including phenoxy) is 1. The number of benzene rings is 2. The molecule has 0 saturated heterocycles. The van der Waals surface area contributed by atoms with Gasteiger partial charge in [-0.2, -0.15) is 23.4 Å². The lowest BCUT2D eigenvalue weighted by Crippen LogP contribution is -2.16. The summed E-state index contributed by atoms with van der Waals surface area (Å²) in [6.45, 7) is 0.414. The van der Waals surface area contributed by atoms with Gasteiger partial charge in [-0.25, -0.2) is 9.50 Å². The fraction of sp³-hybridized carbons (Fsp3) is 0.120. The number of halogens is 4. The number of amides is 1. The van der Waals surface area contributed by atoms with Crippen molar-refractivity contribution in [3.05, 3.63) is 94.9 Å². The molecule has 8 nitrogen and oxygen atoms in total. The van der Waals surface area contributed by atoms with Gasteiger partial charge in [-0.3, -0.25) is 9.48 Å². The molecule has 1 amide bonds. The van der Waals surface area contributed by atoms with Crippen LogP contribution in [0.2, 0.25) is 5.02 Å². The van der Waals surface area contributed by atoms with E-state index in [0.717, 1.165) is 11.6 Å². The van der Waals surface area contributed by atoms with Gasteiger partial charge in [0.05, 0.1) is 19.3 Å². The molecule has 2 aromatic carbocycles. The smallest absolute Gasteiger partial charge is 0.433 e. The molecule has 0 aliphatic rings. The monoisotopic (exact) mass is 526 g/mol. The third-order valence-corrected chi connectivity index (χ3v) is 5.69. The molecule has 0 spiro atoms. The van der Waals surface area contributed by atoms with E-state index in [4.69, 9.17) is 16.3 Å². The molecule has 12 heteroatoms. The molecule has 0 atom stereocenters. The first-order valence-electron chi connectivity index (χ1n) is 10.9. The molecule has 5 aromatic rings. The summed E-state index contributed by atoms with van der Waals surface area (Å²) >= 11 is 6.01. The van der Waals surface area contributed by atoms with Gasteiger partial charge >= 0.3 is 6.18 Å². The van der Waals surface area contributed by atoms with E-state index < -0.39 is 17.8 Å². The van der Waals surface area contributed by atoms with Crippen LogP contribution in [0.1, 0.15) is 21.7 Å². The van der Waals surface area contributed by atoms with Crippen molar-refractivity contribution in [3.63, 3.8) is 0 Å². The van der Waals surface area contributed by atoms with Crippen LogP contribution in [-0.2, 0) is 12.7 Å². The normalized spacial score (nSPS) is 11.6. The van der Waals surface area contributed by atoms with E-state index in [1.165, 1.54) is 13.2 Å². The number of methoxy groups -OCH3 is 1. The minimum atomic E-state index is -4.73. The zero-order valence-corrected chi connectivity index (χ0v) is 20.0. The lowest BCUT2D eigenvalue weighted by atomic mass is 10.1. The van der Waals surface area contributed by atoms with Crippen LogP contribution in [0.25, 0.3) is 16.9 Å². The summed E-state index contributed by atoms with van der Waals surface area (Å²) in [7, 11) is 1.49. The average Bonchev–Trinajstić information content (AvgIpc) is 3.49. The van der Waals surface area contributed by atoms with Crippen molar-refractivity contribution in [1.82, 2.24) is 24.4 Å². The van der Waals surface area contributed by atoms with Gasteiger partial charge in [-0.15, -0.1) is 0 Å². The largest absolute Gasteiger partial charge is 0.497 e. The minimum Gasteiger partial charge on any atom is -0.497 e. The highest BCUT2D eigenvalue weighted by Gasteiger charge is 2.35. The third-order valence-electron chi connectivity index (χ3n) is 5.45. The summed E-state index contributed by atoms with van der Waals surface area (Å²) in [4.78, 5) is 17.1. The number of nitrogens with one attached hydrogen (secondary N) is 1. The molecule has 5 rings (SSSR count). The Balaban J connectivity index is 1.42. The van der Waals surface area contributed by atoms with Crippen LogP contribution in [0.5, 0.6) is 5.75 Å². The Kier molecular flexibility index (Phi) is 6.30. The van der Waals surface area contributed by atoms with E-state index in [-0.39, 0.29) is 22.9 Å². The molecule has 0 fully saturated rings. The maximum atomic E-state index is 13.9. The number of aromatic nitrogens is 5. The molecule has 37 heavy (non-hydrogen) atoms. The molecule has 3 aromatic heterocycles. The van der Waals surface area contributed by atoms with Crippen LogP contribution in [0.3, 0.4) is 0 Å². The highest BCUT2D eigenvalue weighted by Crippen LogP contribution is 2.32. The maximum Gasteiger partial charge on any atom is 0.433 e. The first-order chi connectivity index (χ1) is 17.7. The van der Waals surface area contributed by atoms with Crippen LogP contribution < -0.4 is 10.1 Å². The number of fused-ring (bicyclic) bond motifs is 1. The number of nitrogens with zero attached hydrogens (tertiary/aromatic N) is 5. The first kappa shape index (κ1) is 24.3. The topological polar surface area (TPSA) is 86.3 Å². The summed E-state index contributed by atoms with van der Waals surface area (Å²) in [5.74, 6) is 0.0452. The number of alkyl halides is 3. The second-order valence-corrected chi connectivity index (χ2v) is 8.47. The molecular weight excluding hydrogens is 509 g/mol. The summed E-state index contributed by atoms with van der Waals surface area (Å²) in [5.41, 5.74) is 0.00676. The molecular formula is C25H18ClF3N6O2. The number of carbonyl (C=O) groups excluding carboxylic acids is 1. The lowest BCUT2D eigenvalue weighted by Gasteiger charge is -2.11. The van der Waals surface area contributed by atoms with Gasteiger partial charge in [0.25, 0.3) is 5.91 Å². The fourth-order valence-corrected chi connectivity index (χ4v) is 3.93. The SMILES string of the molecule is COc1ccc(-c2cc(C(F)(F)F)n3nc(C(=O)Nc4ccn(Cc5cccc(Cl)c5)n4)cc3n2)cc1. The minimum absolute atomic E-state index is 0.0779. The Hall–Kier alpha value is -4.38. The molecule has 0 unspecified atom stereocenters. The Morgan fingerprint density at radius 3 is 2.54 bits per heavy atom. The van der Waals surface area contributed by atoms with Crippen molar-refractivity contribution in [1.29, 1.82) is 0 Å². The zero-order valence-electron chi connectivity index (χ0n) is 19.2. The number of rotatable bonds is 6. The number of hydrogen-bond donors (Lipinski definition) is 1. The van der Waals surface area contributed by atoms with E-state index >= 15 is 0 Å². The number of anilines is 1. The predicted molar refractivity (Wildman–Crippen MR) is 131 cm³/mol. The van der Waals surface area contributed by atoms with E-state index in [9.17, 15) is 18.0 Å². The Morgan fingerprint density at radius 1 is 1.05 bits per heavy atom. The molecule has 0 aliphatic carbocycles. The van der Waals surface area contributed by atoms with Gasteiger partial charge in [0.2, 0.25) is 0 Å². The van der Waals surface area contributed by atoms with Crippen LogP contribution in [-0.4, -0.2) is 37.4 Å². The van der Waals surface area contributed by atoms with Crippen molar-refractivity contribution in [2.75, 3.05) is 12.4 Å². The average molecular weight is 527 g/mol. The molecule has 1 N–H and O–H groups in total. The van der Waals surface area contributed by atoms with E-state index in [1.807, 2.05) is 12.1 Å². The van der Waals surface area contributed by atoms with Crippen molar-refractivity contribution in [2.45, 2.75) is 12.7 Å². The Bertz CT molecular complexity index is 1590. The summed E-state index contributed by atoms with van der Waals surface area (Å²) in [6.07, 6.45) is -3.08. The molecule has 0 bridgehead atoms. The van der Waals surface area contributed by atoms with Crippen molar-refractivity contribution in [3.8, 4) is 17.0 Å². The van der Waals surface area contributed by atoms with E-state index in [0.29, 0.717) is 27.4 Å². The summed E-state index contributed by atoms with van der Waals surface area (Å²) < 4.78 is 48.9. The van der Waals surface area contributed by atoms with Gasteiger partial charge in [0, 0.05) is 28.9 Å². The van der Waals surface area contributed by atoms with Gasteiger partial charge in [-0.05, 0) is 48.0 Å². The van der Waals surface area contributed by atoms with Gasteiger partial charge in [0.1, 0.15) is 5.75 Å². The van der Waals surface area contributed by atoms with Crippen molar-refractivity contribution >= 4 is 29.0 Å². The standard InChI is InChI=1S/C25H18ClF3N6O2/c1-37-18-7-5-16(6-8-18)19-12-21(25(27,28)29)35-23(30-19)13-20(32-35)24(36)31-22-9-10-34(33-22)14-15-3-2-4-17(26)11-15/h2-13H,14H2,1H3,(H,31,33,36). The molecule has 0 saturated carbocycles. The second kappa shape index (κ2) is 9.58. The molecule has 0 radical (unpaired) electrons. The van der Waals surface area contributed by atoms with Gasteiger partial charge < -0.3 is 10.1 Å². The second-order valence-electron chi connectivity index (χ2n) is 8.04. The molecule has 3 heterocycles. The first-order valence-corrected chi connectivity index (χ1v) is 11.3. The van der Waals surface area contributed by atoms with Crippen LogP contribution in [0.4, 0.5) is 19.0 Å². The predicted octanol–water partition coefficient (Wildman–Crippen LogP) is 5.57. The van der Waals surface area contributed by atoms with Crippen LogP contribution in [0.15, 0.2) is 72.9 Å². The van der Waals surface area contributed by atoms with Crippen LogP contribution in [0, 0.1) is 0 Å². The quantitative estimate of drug-likeness (QED) is 0.312. The maximum absolute atomic E-state index is 13.9. The third kappa shape index (κ3) is 5.26. The van der Waals surface area contributed by atoms with Crippen molar-refractivity contribution < 1.29 is 22.7 Å². The van der Waals surface area contributed by atoms with E-state index in [1.54, 1.807) is 53.3 Å². The highest BCUT2D eigenvalue weighted by molar-refractivity contribution is 6.30. The highest BCUT2D eigenvalue weighted by atomic mass is 35.5. The molecule has 0 aliphatic heterocycles. The number of hydrogen-bond acceptors (Lipinski definition) is 5. The lowest BCUT2D eigenvalue weighted by molar-refractivity contribution is -0.142. The Labute approximate surface area is 213 Å². The van der Waals surface area contributed by atoms with Crippen molar-refractivity contribution in [2.24, 2.45) is 0 Å². The van der Waals surface area contributed by atoms with Gasteiger partial charge in [0.15, 0.2) is 22.9 Å². The fourth-order valence-electron chi connectivity index (χ4n) is 3.72. The van der Waals surface area contributed by atoms with Gasteiger partial charge in [-0.1, -0.05) is 23.7 Å². The number of carbonyl (C=O) groups is 1. The molecule has 188 valence electrons. The summed E-state index contributed by atoms with van der Waals surface area (Å²) in [5, 5.41) is 11.3. The Morgan fingerprint density at radius 2 is 1.84 bits per heavy atom. The zero-order chi connectivity index (χ0) is 26.2. The summed E-state index contributed by atoms with van der Waals surface area (Å²) in [6, 6.07) is 17.3. The van der Waals surface area contributed by atoms with Crippen LogP contribution >= 0.6 is 11.6 Å². The van der Waals surface area contributed by atoms with E-state index in [2.05, 4.69) is 20.5 Å².